The molecule has 0 bridgehead atoms. The van der Waals surface area contributed by atoms with Crippen LogP contribution in [-0.4, -0.2) is 39.5 Å². The maximum atomic E-state index is 12.7. The zero-order valence-electron chi connectivity index (χ0n) is 15.2. The fraction of sp³-hybridized carbons (Fsp3) is 0.167. The monoisotopic (exact) mass is 405 g/mol. The Kier molecular flexibility index (Phi) is 6.37. The molecule has 2 rings (SSSR count). The lowest BCUT2D eigenvalue weighted by Gasteiger charge is -2.19. The summed E-state index contributed by atoms with van der Waals surface area (Å²) in [5.41, 5.74) is 5.35. The number of sulfonamides is 1. The molecule has 10 heteroatoms. The van der Waals surface area contributed by atoms with Crippen molar-refractivity contribution < 1.29 is 27.5 Å². The first-order chi connectivity index (χ1) is 13.1. The van der Waals surface area contributed by atoms with E-state index in [1.807, 2.05) is 0 Å². The molecule has 2 aromatic rings. The summed E-state index contributed by atoms with van der Waals surface area (Å²) in [6.07, 6.45) is -1.26. The molecule has 9 nitrogen and oxygen atoms in total. The molecule has 0 saturated heterocycles. The van der Waals surface area contributed by atoms with Crippen LogP contribution in [0.15, 0.2) is 59.5 Å². The van der Waals surface area contributed by atoms with Gasteiger partial charge in [0.15, 0.2) is 6.10 Å². The second kappa shape index (κ2) is 8.53. The fourth-order valence-electron chi connectivity index (χ4n) is 2.20. The van der Waals surface area contributed by atoms with Crippen molar-refractivity contribution >= 4 is 33.6 Å². The first-order valence-corrected chi connectivity index (χ1v) is 9.52. The van der Waals surface area contributed by atoms with Gasteiger partial charge in [0.25, 0.3) is 15.9 Å². The fourth-order valence-corrected chi connectivity index (χ4v) is 3.40. The predicted molar refractivity (Wildman–Crippen MR) is 101 cm³/mol. The number of hydrogen-bond donors (Lipinski definition) is 2. The maximum absolute atomic E-state index is 12.7. The number of carbonyl (C=O) groups is 3. The third-order valence-electron chi connectivity index (χ3n) is 3.77. The van der Waals surface area contributed by atoms with E-state index in [9.17, 15) is 22.8 Å². The van der Waals surface area contributed by atoms with E-state index < -0.39 is 34.0 Å². The van der Waals surface area contributed by atoms with Gasteiger partial charge in [0, 0.05) is 7.05 Å². The van der Waals surface area contributed by atoms with Crippen molar-refractivity contribution in [2.75, 3.05) is 11.4 Å². The van der Waals surface area contributed by atoms with E-state index in [0.717, 1.165) is 4.31 Å². The molecule has 0 fully saturated rings. The van der Waals surface area contributed by atoms with Crippen molar-refractivity contribution in [2.45, 2.75) is 17.9 Å². The number of nitrogens with two attached hydrogens (primary N) is 1. The molecule has 0 spiro atoms. The Morgan fingerprint density at radius 1 is 1.04 bits per heavy atom. The highest BCUT2D eigenvalue weighted by Crippen LogP contribution is 2.22. The zero-order valence-corrected chi connectivity index (χ0v) is 16.0. The quantitative estimate of drug-likeness (QED) is 0.694. The highest BCUT2D eigenvalue weighted by atomic mass is 32.2. The van der Waals surface area contributed by atoms with Gasteiger partial charge in [-0.25, -0.2) is 18.0 Å². The first-order valence-electron chi connectivity index (χ1n) is 8.08. The van der Waals surface area contributed by atoms with Gasteiger partial charge in [0.1, 0.15) is 0 Å². The zero-order chi connectivity index (χ0) is 20.9. The van der Waals surface area contributed by atoms with Gasteiger partial charge in [0.05, 0.1) is 16.1 Å². The highest BCUT2D eigenvalue weighted by molar-refractivity contribution is 7.92. The number of esters is 1. The third-order valence-corrected chi connectivity index (χ3v) is 5.57. The normalized spacial score (nSPS) is 11.9. The number of benzene rings is 2. The van der Waals surface area contributed by atoms with E-state index in [1.165, 1.54) is 38.2 Å². The van der Waals surface area contributed by atoms with Gasteiger partial charge in [0.2, 0.25) is 0 Å². The SMILES string of the molecule is C[C@H](OC(=O)c1ccc(S(=O)(=O)N(C)c2ccccc2)cc1)C(=O)NC(N)=O. The average molecular weight is 405 g/mol. The summed E-state index contributed by atoms with van der Waals surface area (Å²) in [5, 5.41) is 1.79. The Balaban J connectivity index is 2.13. The van der Waals surface area contributed by atoms with Gasteiger partial charge in [-0.05, 0) is 43.3 Å². The number of ether oxygens (including phenoxy) is 1. The molecule has 0 aromatic heterocycles. The van der Waals surface area contributed by atoms with Gasteiger partial charge in [-0.2, -0.15) is 0 Å². The smallest absolute Gasteiger partial charge is 0.338 e. The number of urea groups is 1. The number of para-hydroxylation sites is 1. The van der Waals surface area contributed by atoms with Crippen LogP contribution in [0.3, 0.4) is 0 Å². The second-order valence-corrected chi connectivity index (χ2v) is 7.70. The summed E-state index contributed by atoms with van der Waals surface area (Å²) in [6, 6.07) is 12.5. The lowest BCUT2D eigenvalue weighted by molar-refractivity contribution is -0.127. The van der Waals surface area contributed by atoms with Crippen molar-refractivity contribution in [3.8, 4) is 0 Å². The van der Waals surface area contributed by atoms with Crippen LogP contribution >= 0.6 is 0 Å². The standard InChI is InChI=1S/C18H19N3O6S/c1-12(16(22)20-18(19)24)27-17(23)13-8-10-15(11-9-13)28(25,26)21(2)14-6-4-3-5-7-14/h3-12H,1-2H3,(H3,19,20,22,24)/t12-/m0/s1. The second-order valence-electron chi connectivity index (χ2n) is 5.73. The summed E-state index contributed by atoms with van der Waals surface area (Å²) in [5.74, 6) is -1.72. The molecule has 0 heterocycles. The molecule has 0 saturated carbocycles. The number of primary amides is 1. The van der Waals surface area contributed by atoms with Crippen LogP contribution in [-0.2, 0) is 19.6 Å². The van der Waals surface area contributed by atoms with Crippen LogP contribution in [0.4, 0.5) is 10.5 Å². The molecule has 0 aliphatic carbocycles. The van der Waals surface area contributed by atoms with Gasteiger partial charge >= 0.3 is 12.0 Å². The van der Waals surface area contributed by atoms with E-state index in [1.54, 1.807) is 35.6 Å². The molecular weight excluding hydrogens is 386 g/mol. The van der Waals surface area contributed by atoms with Crippen LogP contribution in [0, 0.1) is 0 Å². The van der Waals surface area contributed by atoms with Crippen molar-refractivity contribution in [2.24, 2.45) is 5.73 Å². The molecule has 0 radical (unpaired) electrons. The Morgan fingerprint density at radius 2 is 1.61 bits per heavy atom. The van der Waals surface area contributed by atoms with Crippen LogP contribution in [0.25, 0.3) is 0 Å². The van der Waals surface area contributed by atoms with E-state index in [4.69, 9.17) is 10.5 Å². The summed E-state index contributed by atoms with van der Waals surface area (Å²) in [6.45, 7) is 1.27. The van der Waals surface area contributed by atoms with Crippen LogP contribution in [0.2, 0.25) is 0 Å². The number of hydrogen-bond acceptors (Lipinski definition) is 6. The van der Waals surface area contributed by atoms with E-state index in [0.29, 0.717) is 5.69 Å². The van der Waals surface area contributed by atoms with Gasteiger partial charge in [-0.1, -0.05) is 18.2 Å². The van der Waals surface area contributed by atoms with E-state index in [2.05, 4.69) is 0 Å². The van der Waals surface area contributed by atoms with Crippen LogP contribution < -0.4 is 15.4 Å². The molecule has 2 aromatic carbocycles. The molecule has 28 heavy (non-hydrogen) atoms. The van der Waals surface area contributed by atoms with Crippen molar-refractivity contribution in [3.05, 3.63) is 60.2 Å². The topological polar surface area (TPSA) is 136 Å². The van der Waals surface area contributed by atoms with Crippen molar-refractivity contribution in [1.82, 2.24) is 5.32 Å². The van der Waals surface area contributed by atoms with Crippen molar-refractivity contribution in [1.29, 1.82) is 0 Å². The minimum atomic E-state index is -3.82. The number of anilines is 1. The number of nitrogens with zero attached hydrogens (tertiary/aromatic N) is 1. The van der Waals surface area contributed by atoms with E-state index in [-0.39, 0.29) is 10.5 Å². The minimum Gasteiger partial charge on any atom is -0.449 e. The van der Waals surface area contributed by atoms with E-state index >= 15 is 0 Å². The molecule has 0 aliphatic rings. The van der Waals surface area contributed by atoms with Gasteiger partial charge in [-0.3, -0.25) is 14.4 Å². The number of nitrogens with one attached hydrogen (secondary N) is 1. The molecule has 3 N–H and O–H groups in total. The molecule has 3 amide bonds. The Morgan fingerprint density at radius 3 is 2.14 bits per heavy atom. The Hall–Kier alpha value is -3.40. The molecular formula is C18H19N3O6S. The van der Waals surface area contributed by atoms with Crippen LogP contribution in [0.1, 0.15) is 17.3 Å². The number of rotatable bonds is 6. The van der Waals surface area contributed by atoms with Gasteiger partial charge < -0.3 is 10.5 Å². The number of imide groups is 1. The summed E-state index contributed by atoms with van der Waals surface area (Å²) >= 11 is 0. The molecule has 0 aliphatic heterocycles. The lowest BCUT2D eigenvalue weighted by atomic mass is 10.2. The summed E-state index contributed by atoms with van der Waals surface area (Å²) in [4.78, 5) is 34.3. The minimum absolute atomic E-state index is 0.0186. The largest absolute Gasteiger partial charge is 0.449 e. The molecule has 1 atom stereocenters. The number of carbonyl (C=O) groups excluding carboxylic acids is 3. The molecule has 0 unspecified atom stereocenters. The highest BCUT2D eigenvalue weighted by Gasteiger charge is 2.23. The molecule has 148 valence electrons. The summed E-state index contributed by atoms with van der Waals surface area (Å²) < 4.78 is 31.4. The third kappa shape index (κ3) is 4.86. The first kappa shape index (κ1) is 20.9. The Labute approximate surface area is 162 Å². The number of amides is 3. The maximum Gasteiger partial charge on any atom is 0.338 e. The predicted octanol–water partition coefficient (Wildman–Crippen LogP) is 1.25. The van der Waals surface area contributed by atoms with Gasteiger partial charge in [-0.15, -0.1) is 0 Å². The van der Waals surface area contributed by atoms with Crippen LogP contribution in [0.5, 0.6) is 0 Å². The summed E-state index contributed by atoms with van der Waals surface area (Å²) in [7, 11) is -2.40. The Bertz CT molecular complexity index is 974. The lowest BCUT2D eigenvalue weighted by Crippen LogP contribution is -2.42. The average Bonchev–Trinajstić information content (AvgIpc) is 2.67. The van der Waals surface area contributed by atoms with Crippen molar-refractivity contribution in [3.63, 3.8) is 0 Å².